The zero-order valence-corrected chi connectivity index (χ0v) is 15.1. The van der Waals surface area contributed by atoms with Crippen molar-refractivity contribution >= 4 is 27.6 Å². The molecule has 3 aromatic carbocycles. The van der Waals surface area contributed by atoms with Crippen LogP contribution in [0.1, 0.15) is 42.0 Å². The Bertz CT molecular complexity index is 1170. The van der Waals surface area contributed by atoms with Crippen molar-refractivity contribution in [2.45, 2.75) is 38.3 Å². The van der Waals surface area contributed by atoms with Crippen LogP contribution in [0.3, 0.4) is 0 Å². The van der Waals surface area contributed by atoms with Crippen LogP contribution in [0.15, 0.2) is 65.1 Å². The van der Waals surface area contributed by atoms with Crippen LogP contribution in [-0.2, 0) is 0 Å². The van der Waals surface area contributed by atoms with Gasteiger partial charge in [0.2, 0.25) is 0 Å². The van der Waals surface area contributed by atoms with E-state index in [1.807, 2.05) is 6.07 Å². The van der Waals surface area contributed by atoms with Gasteiger partial charge in [0, 0.05) is 28.4 Å². The molecule has 0 amide bonds. The number of anilines is 1. The number of hydrogen-bond donors (Lipinski definition) is 0. The van der Waals surface area contributed by atoms with Crippen LogP contribution in [0.2, 0.25) is 0 Å². The van der Waals surface area contributed by atoms with Crippen LogP contribution in [0, 0.1) is 6.92 Å². The van der Waals surface area contributed by atoms with Gasteiger partial charge in [-0.3, -0.25) is 0 Å². The molecule has 128 valence electrons. The lowest BCUT2D eigenvalue weighted by Gasteiger charge is -2.37. The maximum atomic E-state index is 6.08. The fourth-order valence-corrected chi connectivity index (χ4v) is 5.37. The molecule has 1 fully saturated rings. The highest BCUT2D eigenvalue weighted by atomic mass is 16.3. The zero-order valence-electron chi connectivity index (χ0n) is 15.1. The predicted octanol–water partition coefficient (Wildman–Crippen LogP) is 6.33. The molecule has 2 heteroatoms. The summed E-state index contributed by atoms with van der Waals surface area (Å²) in [4.78, 5) is 2.66. The summed E-state index contributed by atoms with van der Waals surface area (Å²) in [6, 6.07) is 23.0. The van der Waals surface area contributed by atoms with Gasteiger partial charge >= 0.3 is 0 Å². The summed E-state index contributed by atoms with van der Waals surface area (Å²) in [6.45, 7) is 4.60. The minimum Gasteiger partial charge on any atom is -0.456 e. The summed E-state index contributed by atoms with van der Waals surface area (Å²) < 4.78 is 6.08. The number of rotatable bonds is 1. The minimum absolute atomic E-state index is 0.500. The molecule has 2 nitrogen and oxygen atoms in total. The Kier molecular flexibility index (Phi) is 2.73. The van der Waals surface area contributed by atoms with Crippen molar-refractivity contribution in [2.24, 2.45) is 0 Å². The Morgan fingerprint density at radius 3 is 2.54 bits per heavy atom. The molecule has 0 radical (unpaired) electrons. The van der Waals surface area contributed by atoms with Crippen LogP contribution in [0.25, 0.3) is 21.9 Å². The topological polar surface area (TPSA) is 16.4 Å². The van der Waals surface area contributed by atoms with Crippen molar-refractivity contribution in [2.75, 3.05) is 4.90 Å². The molecule has 3 atom stereocenters. The second kappa shape index (κ2) is 4.91. The third-order valence-electron chi connectivity index (χ3n) is 6.56. The molecule has 1 aliphatic heterocycles. The van der Waals surface area contributed by atoms with Crippen LogP contribution < -0.4 is 4.90 Å². The average Bonchev–Trinajstić information content (AvgIpc) is 3.30. The van der Waals surface area contributed by atoms with E-state index >= 15 is 0 Å². The van der Waals surface area contributed by atoms with Gasteiger partial charge in [0.05, 0.1) is 6.04 Å². The van der Waals surface area contributed by atoms with Gasteiger partial charge in [-0.2, -0.15) is 0 Å². The highest BCUT2D eigenvalue weighted by molar-refractivity contribution is 6.06. The molecule has 26 heavy (non-hydrogen) atoms. The number of furan rings is 1. The van der Waals surface area contributed by atoms with Gasteiger partial charge in [0.1, 0.15) is 11.2 Å². The van der Waals surface area contributed by atoms with Crippen molar-refractivity contribution in [3.8, 4) is 0 Å². The number of para-hydroxylation sites is 1. The van der Waals surface area contributed by atoms with Gasteiger partial charge in [-0.1, -0.05) is 42.5 Å². The van der Waals surface area contributed by atoms with Crippen LogP contribution >= 0.6 is 0 Å². The smallest absolute Gasteiger partial charge is 0.135 e. The Hall–Kier alpha value is -2.74. The first-order valence-electron chi connectivity index (χ1n) is 9.51. The molecule has 1 aromatic heterocycles. The molecule has 0 saturated carbocycles. The van der Waals surface area contributed by atoms with Crippen molar-refractivity contribution < 1.29 is 4.42 Å². The van der Waals surface area contributed by atoms with Crippen LogP contribution in [0.4, 0.5) is 5.69 Å². The van der Waals surface area contributed by atoms with Gasteiger partial charge < -0.3 is 9.32 Å². The lowest BCUT2D eigenvalue weighted by Crippen LogP contribution is -2.35. The molecule has 4 aromatic rings. The number of hydrogen-bond acceptors (Lipinski definition) is 2. The third kappa shape index (κ3) is 1.72. The summed E-state index contributed by atoms with van der Waals surface area (Å²) in [5.74, 6) is 0.646. The van der Waals surface area contributed by atoms with E-state index in [9.17, 15) is 0 Å². The van der Waals surface area contributed by atoms with E-state index in [1.165, 1.54) is 34.0 Å². The van der Waals surface area contributed by atoms with E-state index < -0.39 is 0 Å². The number of aryl methyl sites for hydroxylation is 1. The minimum atomic E-state index is 0.500. The quantitative estimate of drug-likeness (QED) is 0.403. The molecule has 3 unspecified atom stereocenters. The SMILES string of the molecule is Cc1cc2oc3ccccc3c2cc1N1C2CC(c3ccccc32)C1C. The van der Waals surface area contributed by atoms with E-state index in [2.05, 4.69) is 73.3 Å². The second-order valence-corrected chi connectivity index (χ2v) is 7.87. The largest absolute Gasteiger partial charge is 0.456 e. The fourth-order valence-electron chi connectivity index (χ4n) is 5.37. The molecule has 6 rings (SSSR count). The average molecular weight is 339 g/mol. The first kappa shape index (κ1) is 14.4. The zero-order chi connectivity index (χ0) is 17.4. The summed E-state index contributed by atoms with van der Waals surface area (Å²) >= 11 is 0. The Morgan fingerprint density at radius 1 is 0.885 bits per heavy atom. The molecule has 2 bridgehead atoms. The maximum Gasteiger partial charge on any atom is 0.135 e. The fraction of sp³-hybridized carbons (Fsp3) is 0.250. The van der Waals surface area contributed by atoms with Crippen molar-refractivity contribution in [3.05, 3.63) is 77.4 Å². The highest BCUT2D eigenvalue weighted by Gasteiger charge is 2.47. The lowest BCUT2D eigenvalue weighted by molar-refractivity contribution is 0.614. The Labute approximate surface area is 153 Å². The van der Waals surface area contributed by atoms with Gasteiger partial charge in [0.15, 0.2) is 0 Å². The third-order valence-corrected chi connectivity index (χ3v) is 6.56. The van der Waals surface area contributed by atoms with E-state index in [0.29, 0.717) is 18.0 Å². The van der Waals surface area contributed by atoms with Crippen molar-refractivity contribution in [1.82, 2.24) is 0 Å². The van der Waals surface area contributed by atoms with E-state index in [0.717, 1.165) is 11.2 Å². The first-order valence-corrected chi connectivity index (χ1v) is 9.51. The molecule has 2 aliphatic rings. The van der Waals surface area contributed by atoms with Crippen LogP contribution in [-0.4, -0.2) is 6.04 Å². The first-order chi connectivity index (χ1) is 12.7. The summed E-state index contributed by atoms with van der Waals surface area (Å²) in [5.41, 5.74) is 7.71. The van der Waals surface area contributed by atoms with Crippen molar-refractivity contribution in [1.29, 1.82) is 0 Å². The normalized spacial score (nSPS) is 23.9. The molecule has 0 spiro atoms. The molecule has 0 N–H and O–H groups in total. The molecular formula is C24H21NO. The Morgan fingerprint density at radius 2 is 1.65 bits per heavy atom. The maximum absolute atomic E-state index is 6.08. The summed E-state index contributed by atoms with van der Waals surface area (Å²) in [5, 5.41) is 2.44. The summed E-state index contributed by atoms with van der Waals surface area (Å²) in [6.07, 6.45) is 1.24. The molecule has 2 heterocycles. The molecule has 1 saturated heterocycles. The molecular weight excluding hydrogens is 318 g/mol. The van der Waals surface area contributed by atoms with E-state index in [4.69, 9.17) is 4.42 Å². The van der Waals surface area contributed by atoms with Gasteiger partial charge in [0.25, 0.3) is 0 Å². The predicted molar refractivity (Wildman–Crippen MR) is 107 cm³/mol. The van der Waals surface area contributed by atoms with E-state index in [-0.39, 0.29) is 0 Å². The van der Waals surface area contributed by atoms with Gasteiger partial charge in [-0.05, 0) is 55.2 Å². The second-order valence-electron chi connectivity index (χ2n) is 7.87. The molecule has 1 aliphatic carbocycles. The van der Waals surface area contributed by atoms with Gasteiger partial charge in [-0.15, -0.1) is 0 Å². The van der Waals surface area contributed by atoms with Crippen molar-refractivity contribution in [3.63, 3.8) is 0 Å². The van der Waals surface area contributed by atoms with Crippen LogP contribution in [0.5, 0.6) is 0 Å². The number of nitrogens with zero attached hydrogens (tertiary/aromatic N) is 1. The summed E-state index contributed by atoms with van der Waals surface area (Å²) in [7, 11) is 0. The number of fused-ring (bicyclic) bond motifs is 8. The standard InChI is InChI=1S/C24H21NO/c1-14-11-24-20(18-9-5-6-10-23(18)26-24)13-21(14)25-15(2)19-12-22(25)17-8-4-3-7-16(17)19/h3-11,13,15,19,22H,12H2,1-2H3. The van der Waals surface area contributed by atoms with E-state index in [1.54, 1.807) is 5.56 Å². The number of benzene rings is 3. The highest BCUT2D eigenvalue weighted by Crippen LogP contribution is 2.55. The van der Waals surface area contributed by atoms with Gasteiger partial charge in [-0.25, -0.2) is 0 Å². The lowest BCUT2D eigenvalue weighted by atomic mass is 9.92. The monoisotopic (exact) mass is 339 g/mol. The Balaban J connectivity index is 1.57.